The molecule has 0 aliphatic carbocycles. The summed E-state index contributed by atoms with van der Waals surface area (Å²) in [7, 11) is 1.61. The molecule has 4 rings (SSSR count). The van der Waals surface area contributed by atoms with Crippen molar-refractivity contribution in [3.63, 3.8) is 0 Å². The molecular formula is C27H36N6O3. The summed E-state index contributed by atoms with van der Waals surface area (Å²) in [6.45, 7) is 7.84. The van der Waals surface area contributed by atoms with Crippen molar-refractivity contribution in [1.29, 1.82) is 0 Å². The molecule has 2 aromatic heterocycles. The van der Waals surface area contributed by atoms with Crippen LogP contribution in [0.15, 0.2) is 47.7 Å². The molecule has 0 bridgehead atoms. The van der Waals surface area contributed by atoms with Gasteiger partial charge in [0.2, 0.25) is 0 Å². The van der Waals surface area contributed by atoms with Crippen LogP contribution in [0.25, 0.3) is 11.0 Å². The van der Waals surface area contributed by atoms with E-state index in [1.54, 1.807) is 31.5 Å². The summed E-state index contributed by atoms with van der Waals surface area (Å²) in [5.41, 5.74) is 2.51. The number of amides is 2. The van der Waals surface area contributed by atoms with Crippen molar-refractivity contribution >= 4 is 28.6 Å². The number of hydrogen-bond donors (Lipinski definition) is 3. The predicted octanol–water partition coefficient (Wildman–Crippen LogP) is 4.57. The van der Waals surface area contributed by atoms with E-state index in [0.717, 1.165) is 54.8 Å². The fourth-order valence-electron chi connectivity index (χ4n) is 4.17. The van der Waals surface area contributed by atoms with Crippen molar-refractivity contribution in [2.75, 3.05) is 32.1 Å². The number of rotatable bonds is 11. The van der Waals surface area contributed by atoms with Gasteiger partial charge in [-0.2, -0.15) is 0 Å². The molecule has 0 saturated heterocycles. The molecule has 0 fully saturated rings. The molecule has 0 saturated carbocycles. The monoisotopic (exact) mass is 492 g/mol. The van der Waals surface area contributed by atoms with E-state index in [1.165, 1.54) is 0 Å². The van der Waals surface area contributed by atoms with Crippen LogP contribution in [0.5, 0.6) is 11.5 Å². The van der Waals surface area contributed by atoms with Crippen LogP contribution in [0.1, 0.15) is 38.7 Å². The SMILES string of the molecule is COc1ccc(NC(=O)NCc2ccnc3c2ccn3CC2=NCCCN2)cc1OCCCC(C)C. The quantitative estimate of drug-likeness (QED) is 0.340. The van der Waals surface area contributed by atoms with E-state index in [0.29, 0.717) is 42.8 Å². The molecule has 1 aliphatic rings. The van der Waals surface area contributed by atoms with E-state index in [9.17, 15) is 4.79 Å². The Bertz CT molecular complexity index is 1200. The van der Waals surface area contributed by atoms with E-state index < -0.39 is 0 Å². The van der Waals surface area contributed by atoms with Gasteiger partial charge in [-0.3, -0.25) is 4.99 Å². The van der Waals surface area contributed by atoms with Crippen LogP contribution in [-0.2, 0) is 13.1 Å². The number of benzene rings is 1. The lowest BCUT2D eigenvalue weighted by Crippen LogP contribution is -2.32. The molecule has 0 unspecified atom stereocenters. The first-order valence-electron chi connectivity index (χ1n) is 12.6. The third kappa shape index (κ3) is 6.68. The lowest BCUT2D eigenvalue weighted by molar-refractivity contribution is 0.251. The first kappa shape index (κ1) is 25.3. The van der Waals surface area contributed by atoms with Crippen molar-refractivity contribution in [1.82, 2.24) is 20.2 Å². The Labute approximate surface area is 212 Å². The van der Waals surface area contributed by atoms with Crippen LogP contribution < -0.4 is 25.4 Å². The lowest BCUT2D eigenvalue weighted by atomic mass is 10.1. The van der Waals surface area contributed by atoms with E-state index in [4.69, 9.17) is 9.47 Å². The molecule has 1 aliphatic heterocycles. The summed E-state index contributed by atoms with van der Waals surface area (Å²) in [5, 5.41) is 10.2. The molecule has 0 radical (unpaired) electrons. The largest absolute Gasteiger partial charge is 0.493 e. The first-order valence-corrected chi connectivity index (χ1v) is 12.6. The Morgan fingerprint density at radius 2 is 2.11 bits per heavy atom. The number of methoxy groups -OCH3 is 1. The molecule has 9 heteroatoms. The van der Waals surface area contributed by atoms with Crippen LogP contribution >= 0.6 is 0 Å². The van der Waals surface area contributed by atoms with Gasteiger partial charge in [-0.15, -0.1) is 0 Å². The van der Waals surface area contributed by atoms with Gasteiger partial charge in [-0.1, -0.05) is 13.8 Å². The van der Waals surface area contributed by atoms with Crippen molar-refractivity contribution in [3.8, 4) is 11.5 Å². The summed E-state index contributed by atoms with van der Waals surface area (Å²) in [5.74, 6) is 2.87. The highest BCUT2D eigenvalue weighted by molar-refractivity contribution is 5.90. The van der Waals surface area contributed by atoms with Crippen LogP contribution in [0, 0.1) is 5.92 Å². The highest BCUT2D eigenvalue weighted by Crippen LogP contribution is 2.30. The number of ether oxygens (including phenoxy) is 2. The number of carbonyl (C=O) groups is 1. The van der Waals surface area contributed by atoms with E-state index in [2.05, 4.69) is 44.3 Å². The maximum atomic E-state index is 12.7. The zero-order valence-corrected chi connectivity index (χ0v) is 21.3. The molecule has 0 atom stereocenters. The minimum atomic E-state index is -0.295. The summed E-state index contributed by atoms with van der Waals surface area (Å²) >= 11 is 0. The molecule has 192 valence electrons. The van der Waals surface area contributed by atoms with Gasteiger partial charge in [-0.05, 0) is 55.0 Å². The number of amidine groups is 1. The average molecular weight is 493 g/mol. The van der Waals surface area contributed by atoms with Gasteiger partial charge in [0.25, 0.3) is 0 Å². The number of urea groups is 1. The highest BCUT2D eigenvalue weighted by atomic mass is 16.5. The Balaban J connectivity index is 1.36. The molecule has 9 nitrogen and oxygen atoms in total. The van der Waals surface area contributed by atoms with Crippen molar-refractivity contribution in [2.45, 2.75) is 46.2 Å². The fourth-order valence-corrected chi connectivity index (χ4v) is 4.17. The first-order chi connectivity index (χ1) is 17.5. The zero-order valence-electron chi connectivity index (χ0n) is 21.3. The van der Waals surface area contributed by atoms with Crippen LogP contribution in [0.3, 0.4) is 0 Å². The highest BCUT2D eigenvalue weighted by Gasteiger charge is 2.12. The average Bonchev–Trinajstić information content (AvgIpc) is 3.29. The van der Waals surface area contributed by atoms with Gasteiger partial charge in [0.1, 0.15) is 11.5 Å². The maximum Gasteiger partial charge on any atom is 0.319 e. The maximum absolute atomic E-state index is 12.7. The normalized spacial score (nSPS) is 13.3. The number of anilines is 1. The van der Waals surface area contributed by atoms with Crippen LogP contribution in [0.4, 0.5) is 10.5 Å². The van der Waals surface area contributed by atoms with E-state index in [1.807, 2.05) is 18.3 Å². The molecule has 3 aromatic rings. The Morgan fingerprint density at radius 1 is 1.22 bits per heavy atom. The number of pyridine rings is 1. The zero-order chi connectivity index (χ0) is 25.3. The standard InChI is InChI=1S/C27H36N6O3/c1-19(2)6-4-15-36-24-16-21(7-8-23(24)35-3)32-27(34)31-17-20-9-13-30-26-22(20)10-14-33(26)18-25-28-11-5-12-29-25/h7-10,13-14,16,19H,4-6,11-12,15,17-18H2,1-3H3,(H,28,29)(H2,31,32,34). The summed E-state index contributed by atoms with van der Waals surface area (Å²) < 4.78 is 13.4. The van der Waals surface area contributed by atoms with Gasteiger partial charge in [0.15, 0.2) is 11.5 Å². The minimum absolute atomic E-state index is 0.295. The molecule has 36 heavy (non-hydrogen) atoms. The lowest BCUT2D eigenvalue weighted by Gasteiger charge is -2.15. The number of carbonyl (C=O) groups excluding carboxylic acids is 1. The van der Waals surface area contributed by atoms with Gasteiger partial charge in [0.05, 0.1) is 20.3 Å². The Hall–Kier alpha value is -3.75. The summed E-state index contributed by atoms with van der Waals surface area (Å²) in [6, 6.07) is 9.06. The number of hydrogen-bond acceptors (Lipinski definition) is 6. The minimum Gasteiger partial charge on any atom is -0.493 e. The smallest absolute Gasteiger partial charge is 0.319 e. The second kappa shape index (κ2) is 12.3. The number of aromatic nitrogens is 2. The molecule has 1 aromatic carbocycles. The van der Waals surface area contributed by atoms with Crippen LogP contribution in [0.2, 0.25) is 0 Å². The number of nitrogens with zero attached hydrogens (tertiary/aromatic N) is 3. The number of fused-ring (bicyclic) bond motifs is 1. The van der Waals surface area contributed by atoms with Crippen molar-refractivity contribution < 1.29 is 14.3 Å². The van der Waals surface area contributed by atoms with Crippen molar-refractivity contribution in [3.05, 3.63) is 48.3 Å². The van der Waals surface area contributed by atoms with Gasteiger partial charge >= 0.3 is 6.03 Å². The van der Waals surface area contributed by atoms with Crippen LogP contribution in [-0.4, -0.2) is 48.2 Å². The molecule has 3 N–H and O–H groups in total. The van der Waals surface area contributed by atoms with E-state index >= 15 is 0 Å². The number of aliphatic imine (C=N–C) groups is 1. The summed E-state index contributed by atoms with van der Waals surface area (Å²) in [4.78, 5) is 21.8. The second-order valence-corrected chi connectivity index (χ2v) is 9.32. The predicted molar refractivity (Wildman–Crippen MR) is 143 cm³/mol. The Morgan fingerprint density at radius 3 is 2.89 bits per heavy atom. The van der Waals surface area contributed by atoms with Gasteiger partial charge in [-0.25, -0.2) is 9.78 Å². The molecule has 3 heterocycles. The third-order valence-electron chi connectivity index (χ3n) is 6.08. The van der Waals surface area contributed by atoms with Crippen molar-refractivity contribution in [2.24, 2.45) is 10.9 Å². The van der Waals surface area contributed by atoms with E-state index in [-0.39, 0.29) is 6.03 Å². The summed E-state index contributed by atoms with van der Waals surface area (Å²) in [6.07, 6.45) is 6.91. The fraction of sp³-hybridized carbons (Fsp3) is 0.444. The molecule has 2 amide bonds. The molecule has 0 spiro atoms. The molecular weight excluding hydrogens is 456 g/mol. The van der Waals surface area contributed by atoms with Gasteiger partial charge < -0.3 is 30.0 Å². The third-order valence-corrected chi connectivity index (χ3v) is 6.08. The second-order valence-electron chi connectivity index (χ2n) is 9.32. The van der Waals surface area contributed by atoms with Gasteiger partial charge in [0, 0.05) is 49.2 Å². The Kier molecular flexibility index (Phi) is 8.65. The number of nitrogens with one attached hydrogen (secondary N) is 3. The topological polar surface area (TPSA) is 102 Å².